The van der Waals surface area contributed by atoms with Crippen LogP contribution in [0.2, 0.25) is 0 Å². The van der Waals surface area contributed by atoms with Crippen molar-refractivity contribution >= 4 is 11.3 Å². The van der Waals surface area contributed by atoms with Gasteiger partial charge in [-0.1, -0.05) is 18.1 Å². The van der Waals surface area contributed by atoms with Gasteiger partial charge in [-0.05, 0) is 17.9 Å². The Kier molecular flexibility index (Phi) is 2.60. The van der Waals surface area contributed by atoms with E-state index in [1.165, 1.54) is 0 Å². The summed E-state index contributed by atoms with van der Waals surface area (Å²) < 4.78 is 5.06. The van der Waals surface area contributed by atoms with Gasteiger partial charge >= 0.3 is 0 Å². The van der Waals surface area contributed by atoms with Gasteiger partial charge in [0, 0.05) is 0 Å². The minimum atomic E-state index is -0.156. The number of hydrogen-bond donors (Lipinski definition) is 1. The second-order valence-corrected chi connectivity index (χ2v) is 3.90. The van der Waals surface area contributed by atoms with Crippen LogP contribution in [0.15, 0.2) is 22.0 Å². The maximum absolute atomic E-state index is 5.77. The third-order valence-corrected chi connectivity index (χ3v) is 2.81. The summed E-state index contributed by atoms with van der Waals surface area (Å²) in [6.45, 7) is 1.99. The molecule has 0 spiro atoms. The van der Waals surface area contributed by atoms with E-state index < -0.39 is 0 Å². The van der Waals surface area contributed by atoms with Crippen molar-refractivity contribution in [2.24, 2.45) is 5.73 Å². The molecular formula is C9H11N3OS. The van der Waals surface area contributed by atoms with Crippen LogP contribution in [0.4, 0.5) is 0 Å². The van der Waals surface area contributed by atoms with E-state index in [1.807, 2.05) is 24.4 Å². The Labute approximate surface area is 85.7 Å². The lowest BCUT2D eigenvalue weighted by Crippen LogP contribution is -2.08. The predicted molar refractivity (Wildman–Crippen MR) is 54.8 cm³/mol. The third-order valence-electron chi connectivity index (χ3n) is 1.94. The molecular weight excluding hydrogens is 198 g/mol. The Morgan fingerprint density at radius 3 is 3.14 bits per heavy atom. The molecule has 0 aromatic carbocycles. The van der Waals surface area contributed by atoms with Crippen LogP contribution in [0, 0.1) is 0 Å². The highest BCUT2D eigenvalue weighted by atomic mass is 32.1. The van der Waals surface area contributed by atoms with Gasteiger partial charge < -0.3 is 10.3 Å². The van der Waals surface area contributed by atoms with E-state index in [-0.39, 0.29) is 6.04 Å². The van der Waals surface area contributed by atoms with E-state index in [1.54, 1.807) is 11.3 Å². The number of nitrogens with two attached hydrogens (primary N) is 1. The van der Waals surface area contributed by atoms with Gasteiger partial charge in [0.2, 0.25) is 11.7 Å². The molecule has 5 heteroatoms. The van der Waals surface area contributed by atoms with Crippen molar-refractivity contribution in [2.45, 2.75) is 19.4 Å². The first-order valence-electron chi connectivity index (χ1n) is 4.44. The Morgan fingerprint density at radius 1 is 1.64 bits per heavy atom. The molecule has 0 aliphatic heterocycles. The second-order valence-electron chi connectivity index (χ2n) is 2.95. The summed E-state index contributed by atoms with van der Waals surface area (Å²) in [5.41, 5.74) is 5.77. The molecule has 0 unspecified atom stereocenters. The van der Waals surface area contributed by atoms with E-state index in [0.717, 1.165) is 11.3 Å². The Bertz CT molecular complexity index is 396. The average molecular weight is 209 g/mol. The minimum Gasteiger partial charge on any atom is -0.337 e. The Balaban J connectivity index is 2.26. The average Bonchev–Trinajstić information content (AvgIpc) is 2.86. The summed E-state index contributed by atoms with van der Waals surface area (Å²) >= 11 is 1.58. The van der Waals surface area contributed by atoms with Crippen molar-refractivity contribution in [3.63, 3.8) is 0 Å². The standard InChI is InChI=1S/C9H11N3OS/c1-2-6(10)9-11-8(12-13-9)7-4-3-5-14-7/h3-6H,2,10H2,1H3/t6-/m1/s1. The lowest BCUT2D eigenvalue weighted by molar-refractivity contribution is 0.352. The number of rotatable bonds is 3. The summed E-state index contributed by atoms with van der Waals surface area (Å²) in [5.74, 6) is 1.13. The number of aromatic nitrogens is 2. The van der Waals surface area contributed by atoms with Crippen molar-refractivity contribution in [1.29, 1.82) is 0 Å². The van der Waals surface area contributed by atoms with Gasteiger partial charge in [-0.25, -0.2) is 0 Å². The molecule has 0 bridgehead atoms. The highest BCUT2D eigenvalue weighted by molar-refractivity contribution is 7.13. The lowest BCUT2D eigenvalue weighted by atomic mass is 10.2. The molecule has 0 saturated carbocycles. The van der Waals surface area contributed by atoms with Gasteiger partial charge in [-0.2, -0.15) is 4.98 Å². The van der Waals surface area contributed by atoms with Gasteiger partial charge in [-0.15, -0.1) is 11.3 Å². The van der Waals surface area contributed by atoms with Gasteiger partial charge in [0.05, 0.1) is 10.9 Å². The van der Waals surface area contributed by atoms with Crippen LogP contribution in [0.5, 0.6) is 0 Å². The summed E-state index contributed by atoms with van der Waals surface area (Å²) in [6.07, 6.45) is 0.798. The van der Waals surface area contributed by atoms with Crippen LogP contribution < -0.4 is 5.73 Å². The van der Waals surface area contributed by atoms with Crippen molar-refractivity contribution in [1.82, 2.24) is 10.1 Å². The van der Waals surface area contributed by atoms with Gasteiger partial charge in [0.25, 0.3) is 0 Å². The fraction of sp³-hybridized carbons (Fsp3) is 0.333. The first-order valence-corrected chi connectivity index (χ1v) is 5.32. The molecule has 2 aromatic heterocycles. The fourth-order valence-corrected chi connectivity index (χ4v) is 1.72. The van der Waals surface area contributed by atoms with Crippen LogP contribution >= 0.6 is 11.3 Å². The summed E-state index contributed by atoms with van der Waals surface area (Å²) in [7, 11) is 0. The molecule has 14 heavy (non-hydrogen) atoms. The molecule has 0 fully saturated rings. The fourth-order valence-electron chi connectivity index (χ4n) is 1.07. The zero-order valence-electron chi connectivity index (χ0n) is 7.80. The normalized spacial score (nSPS) is 13.0. The predicted octanol–water partition coefficient (Wildman–Crippen LogP) is 2.21. The van der Waals surface area contributed by atoms with Gasteiger partial charge in [0.15, 0.2) is 0 Å². The van der Waals surface area contributed by atoms with Crippen molar-refractivity contribution in [3.05, 3.63) is 23.4 Å². The molecule has 0 amide bonds. The second kappa shape index (κ2) is 3.89. The highest BCUT2D eigenvalue weighted by Gasteiger charge is 2.13. The van der Waals surface area contributed by atoms with Crippen molar-refractivity contribution in [3.8, 4) is 10.7 Å². The topological polar surface area (TPSA) is 64.9 Å². The molecule has 0 aliphatic rings. The Hall–Kier alpha value is -1.20. The molecule has 0 radical (unpaired) electrons. The molecule has 1 atom stereocenters. The van der Waals surface area contributed by atoms with Crippen molar-refractivity contribution in [2.75, 3.05) is 0 Å². The largest absolute Gasteiger partial charge is 0.337 e. The lowest BCUT2D eigenvalue weighted by Gasteiger charge is -1.98. The van der Waals surface area contributed by atoms with Crippen LogP contribution in [0.3, 0.4) is 0 Å². The monoisotopic (exact) mass is 209 g/mol. The molecule has 2 rings (SSSR count). The first-order chi connectivity index (χ1) is 6.81. The van der Waals surface area contributed by atoms with Crippen LogP contribution in [-0.2, 0) is 0 Å². The van der Waals surface area contributed by atoms with E-state index >= 15 is 0 Å². The zero-order valence-corrected chi connectivity index (χ0v) is 8.62. The van der Waals surface area contributed by atoms with E-state index in [2.05, 4.69) is 10.1 Å². The van der Waals surface area contributed by atoms with E-state index in [9.17, 15) is 0 Å². The minimum absolute atomic E-state index is 0.156. The molecule has 4 nitrogen and oxygen atoms in total. The molecule has 0 aliphatic carbocycles. The number of thiophene rings is 1. The molecule has 74 valence electrons. The smallest absolute Gasteiger partial charge is 0.243 e. The highest BCUT2D eigenvalue weighted by Crippen LogP contribution is 2.22. The van der Waals surface area contributed by atoms with Crippen LogP contribution in [-0.4, -0.2) is 10.1 Å². The first kappa shape index (κ1) is 9.36. The maximum atomic E-state index is 5.77. The van der Waals surface area contributed by atoms with Gasteiger partial charge in [0.1, 0.15) is 0 Å². The van der Waals surface area contributed by atoms with Crippen molar-refractivity contribution < 1.29 is 4.52 Å². The molecule has 2 aromatic rings. The van der Waals surface area contributed by atoms with Crippen LogP contribution in [0.25, 0.3) is 10.7 Å². The maximum Gasteiger partial charge on any atom is 0.243 e. The molecule has 2 heterocycles. The quantitative estimate of drug-likeness (QED) is 0.841. The number of nitrogens with zero attached hydrogens (tertiary/aromatic N) is 2. The summed E-state index contributed by atoms with van der Waals surface area (Å²) in [4.78, 5) is 5.23. The number of hydrogen-bond acceptors (Lipinski definition) is 5. The van der Waals surface area contributed by atoms with E-state index in [4.69, 9.17) is 10.3 Å². The summed E-state index contributed by atoms with van der Waals surface area (Å²) in [6, 6.07) is 3.75. The SMILES string of the molecule is CC[C@@H](N)c1nc(-c2cccs2)no1. The Morgan fingerprint density at radius 2 is 2.50 bits per heavy atom. The van der Waals surface area contributed by atoms with Crippen LogP contribution in [0.1, 0.15) is 25.3 Å². The van der Waals surface area contributed by atoms with Gasteiger partial charge in [-0.3, -0.25) is 0 Å². The summed E-state index contributed by atoms with van der Waals surface area (Å²) in [5, 5.41) is 5.85. The molecule has 0 saturated heterocycles. The zero-order chi connectivity index (χ0) is 9.97. The third kappa shape index (κ3) is 1.69. The molecule has 2 N–H and O–H groups in total. The van der Waals surface area contributed by atoms with E-state index in [0.29, 0.717) is 11.7 Å².